The molecule has 1 atom stereocenters. The number of rotatable bonds is 4. The van der Waals surface area contributed by atoms with E-state index in [9.17, 15) is 9.90 Å². The minimum atomic E-state index is -1.52. The Balaban J connectivity index is 1.90. The van der Waals surface area contributed by atoms with Gasteiger partial charge in [0.25, 0.3) is 0 Å². The highest BCUT2D eigenvalue weighted by molar-refractivity contribution is 5.74. The van der Waals surface area contributed by atoms with E-state index in [0.29, 0.717) is 23.5 Å². The quantitative estimate of drug-likeness (QED) is 0.900. The molecule has 0 bridgehead atoms. The SMILES string of the molecule is O=C(O)C(O)c1ccccc1Cc1ccc2c(c1)OCO2. The second-order valence-corrected chi connectivity index (χ2v) is 4.80. The van der Waals surface area contributed by atoms with Crippen molar-refractivity contribution in [1.82, 2.24) is 0 Å². The first-order chi connectivity index (χ1) is 10.1. The summed E-state index contributed by atoms with van der Waals surface area (Å²) in [5, 5.41) is 18.7. The van der Waals surface area contributed by atoms with Crippen molar-refractivity contribution in [3.05, 3.63) is 59.2 Å². The largest absolute Gasteiger partial charge is 0.479 e. The number of aliphatic carboxylic acids is 1. The lowest BCUT2D eigenvalue weighted by atomic mass is 9.96. The second kappa shape index (κ2) is 5.46. The van der Waals surface area contributed by atoms with Gasteiger partial charge in [-0.3, -0.25) is 0 Å². The monoisotopic (exact) mass is 286 g/mol. The number of fused-ring (bicyclic) bond motifs is 1. The van der Waals surface area contributed by atoms with Gasteiger partial charge in [-0.1, -0.05) is 30.3 Å². The molecule has 0 radical (unpaired) electrons. The molecule has 5 heteroatoms. The van der Waals surface area contributed by atoms with Crippen LogP contribution in [0.1, 0.15) is 22.8 Å². The molecule has 2 aromatic carbocycles. The van der Waals surface area contributed by atoms with Crippen molar-refractivity contribution >= 4 is 5.97 Å². The third-order valence-corrected chi connectivity index (χ3v) is 3.42. The van der Waals surface area contributed by atoms with E-state index in [1.54, 1.807) is 12.1 Å². The summed E-state index contributed by atoms with van der Waals surface area (Å²) in [7, 11) is 0. The molecule has 2 N–H and O–H groups in total. The highest BCUT2D eigenvalue weighted by atomic mass is 16.7. The van der Waals surface area contributed by atoms with Crippen molar-refractivity contribution in [1.29, 1.82) is 0 Å². The lowest BCUT2D eigenvalue weighted by Crippen LogP contribution is -2.12. The molecule has 108 valence electrons. The van der Waals surface area contributed by atoms with Gasteiger partial charge in [0.15, 0.2) is 17.6 Å². The van der Waals surface area contributed by atoms with Gasteiger partial charge >= 0.3 is 5.97 Å². The molecule has 0 amide bonds. The van der Waals surface area contributed by atoms with Crippen LogP contribution >= 0.6 is 0 Å². The summed E-state index contributed by atoms with van der Waals surface area (Å²) in [5.74, 6) is 0.134. The van der Waals surface area contributed by atoms with Gasteiger partial charge in [-0.25, -0.2) is 4.79 Å². The maximum atomic E-state index is 11.0. The molecule has 5 nitrogen and oxygen atoms in total. The normalized spacial score (nSPS) is 14.0. The highest BCUT2D eigenvalue weighted by Crippen LogP contribution is 2.33. The summed E-state index contributed by atoms with van der Waals surface area (Å²) >= 11 is 0. The van der Waals surface area contributed by atoms with Gasteiger partial charge in [0.1, 0.15) is 0 Å². The van der Waals surface area contributed by atoms with Crippen LogP contribution in [0, 0.1) is 0 Å². The van der Waals surface area contributed by atoms with Gasteiger partial charge < -0.3 is 19.7 Å². The van der Waals surface area contributed by atoms with Gasteiger partial charge in [0.2, 0.25) is 6.79 Å². The number of benzene rings is 2. The first-order valence-electron chi connectivity index (χ1n) is 6.52. The van der Waals surface area contributed by atoms with Crippen molar-refractivity contribution in [3.63, 3.8) is 0 Å². The fourth-order valence-electron chi connectivity index (χ4n) is 2.37. The first kappa shape index (κ1) is 13.5. The van der Waals surface area contributed by atoms with Crippen molar-refractivity contribution in [3.8, 4) is 11.5 Å². The van der Waals surface area contributed by atoms with Crippen LogP contribution in [0.3, 0.4) is 0 Å². The first-order valence-corrected chi connectivity index (χ1v) is 6.52. The summed E-state index contributed by atoms with van der Waals surface area (Å²) < 4.78 is 10.6. The van der Waals surface area contributed by atoms with Crippen LogP contribution in [0.25, 0.3) is 0 Å². The van der Waals surface area contributed by atoms with Gasteiger partial charge in [-0.2, -0.15) is 0 Å². The molecule has 0 aliphatic carbocycles. The van der Waals surface area contributed by atoms with E-state index in [-0.39, 0.29) is 6.79 Å². The molecular weight excluding hydrogens is 272 g/mol. The Labute approximate surface area is 121 Å². The van der Waals surface area contributed by atoms with Crippen LogP contribution in [-0.4, -0.2) is 23.0 Å². The number of hydrogen-bond acceptors (Lipinski definition) is 4. The Bertz CT molecular complexity index is 680. The van der Waals surface area contributed by atoms with Crippen LogP contribution in [0.2, 0.25) is 0 Å². The summed E-state index contributed by atoms with van der Waals surface area (Å²) in [5.41, 5.74) is 2.14. The molecule has 0 fully saturated rings. The van der Waals surface area contributed by atoms with Crippen molar-refractivity contribution in [2.75, 3.05) is 6.79 Å². The molecular formula is C16H14O5. The van der Waals surface area contributed by atoms with Gasteiger partial charge in [-0.15, -0.1) is 0 Å². The molecule has 0 aromatic heterocycles. The number of ether oxygens (including phenoxy) is 2. The van der Waals surface area contributed by atoms with Crippen molar-refractivity contribution < 1.29 is 24.5 Å². The molecule has 1 heterocycles. The number of aliphatic hydroxyl groups excluding tert-OH is 1. The van der Waals surface area contributed by atoms with Gasteiger partial charge in [0, 0.05) is 0 Å². The molecule has 1 aliphatic heterocycles. The zero-order valence-corrected chi connectivity index (χ0v) is 11.2. The van der Waals surface area contributed by atoms with Crippen molar-refractivity contribution in [2.24, 2.45) is 0 Å². The molecule has 2 aromatic rings. The van der Waals surface area contributed by atoms with E-state index in [0.717, 1.165) is 11.1 Å². The minimum Gasteiger partial charge on any atom is -0.479 e. The average Bonchev–Trinajstić information content (AvgIpc) is 2.94. The zero-order chi connectivity index (χ0) is 14.8. The topological polar surface area (TPSA) is 76.0 Å². The van der Waals surface area contributed by atoms with E-state index in [1.807, 2.05) is 30.3 Å². The van der Waals surface area contributed by atoms with Crippen LogP contribution in [0.15, 0.2) is 42.5 Å². The predicted octanol–water partition coefficient (Wildman–Crippen LogP) is 2.12. The Hall–Kier alpha value is -2.53. The van der Waals surface area contributed by atoms with Crippen LogP contribution in [0.4, 0.5) is 0 Å². The van der Waals surface area contributed by atoms with Gasteiger partial charge in [0.05, 0.1) is 0 Å². The maximum absolute atomic E-state index is 11.0. The molecule has 0 spiro atoms. The van der Waals surface area contributed by atoms with Crippen molar-refractivity contribution in [2.45, 2.75) is 12.5 Å². The Morgan fingerprint density at radius 1 is 1.14 bits per heavy atom. The number of carbonyl (C=O) groups is 1. The van der Waals surface area contributed by atoms with E-state index < -0.39 is 12.1 Å². The standard InChI is InChI=1S/C16H14O5/c17-15(16(18)19)12-4-2-1-3-11(12)7-10-5-6-13-14(8-10)21-9-20-13/h1-6,8,15,17H,7,9H2,(H,18,19). The van der Waals surface area contributed by atoms with E-state index in [4.69, 9.17) is 14.6 Å². The highest BCUT2D eigenvalue weighted by Gasteiger charge is 2.20. The minimum absolute atomic E-state index is 0.215. The summed E-state index contributed by atoms with van der Waals surface area (Å²) in [6.07, 6.45) is -1.01. The summed E-state index contributed by atoms with van der Waals surface area (Å²) in [6.45, 7) is 0.215. The van der Waals surface area contributed by atoms with Gasteiger partial charge in [-0.05, 0) is 35.2 Å². The lowest BCUT2D eigenvalue weighted by Gasteiger charge is -2.12. The third kappa shape index (κ3) is 2.68. The molecule has 1 unspecified atom stereocenters. The molecule has 1 aliphatic rings. The maximum Gasteiger partial charge on any atom is 0.337 e. The number of aliphatic hydroxyl groups is 1. The fourth-order valence-corrected chi connectivity index (χ4v) is 2.37. The fraction of sp³-hybridized carbons (Fsp3) is 0.188. The van der Waals surface area contributed by atoms with E-state index in [2.05, 4.69) is 0 Å². The van der Waals surface area contributed by atoms with E-state index in [1.165, 1.54) is 0 Å². The van der Waals surface area contributed by atoms with Crippen LogP contribution < -0.4 is 9.47 Å². The summed E-state index contributed by atoms with van der Waals surface area (Å²) in [4.78, 5) is 11.0. The average molecular weight is 286 g/mol. The van der Waals surface area contributed by atoms with Crippen LogP contribution in [0.5, 0.6) is 11.5 Å². The smallest absolute Gasteiger partial charge is 0.337 e. The molecule has 0 saturated heterocycles. The zero-order valence-electron chi connectivity index (χ0n) is 11.2. The molecule has 3 rings (SSSR count). The molecule has 21 heavy (non-hydrogen) atoms. The summed E-state index contributed by atoms with van der Waals surface area (Å²) in [6, 6.07) is 12.6. The predicted molar refractivity (Wildman–Crippen MR) is 74.4 cm³/mol. The Morgan fingerprint density at radius 2 is 1.90 bits per heavy atom. The second-order valence-electron chi connectivity index (χ2n) is 4.80. The molecule has 0 saturated carbocycles. The Kier molecular flexibility index (Phi) is 3.50. The number of carboxylic acid groups (broad SMARTS) is 1. The van der Waals surface area contributed by atoms with E-state index >= 15 is 0 Å². The number of carboxylic acids is 1. The third-order valence-electron chi connectivity index (χ3n) is 3.42. The lowest BCUT2D eigenvalue weighted by molar-refractivity contribution is -0.147. The van der Waals surface area contributed by atoms with Crippen LogP contribution in [-0.2, 0) is 11.2 Å². The number of hydrogen-bond donors (Lipinski definition) is 2. The Morgan fingerprint density at radius 3 is 2.71 bits per heavy atom.